The molecule has 0 atom stereocenters. The van der Waals surface area contributed by atoms with E-state index in [0.717, 1.165) is 16.9 Å². The highest BCUT2D eigenvalue weighted by molar-refractivity contribution is 7.87. The molecule has 0 aliphatic heterocycles. The number of nitrogens with zero attached hydrogens (tertiary/aromatic N) is 5. The molecule has 6 rings (SSSR count). The maximum atomic E-state index is 11.3. The van der Waals surface area contributed by atoms with E-state index in [9.17, 15) is 10.1 Å². The van der Waals surface area contributed by atoms with Crippen molar-refractivity contribution >= 4 is 34.3 Å². The van der Waals surface area contributed by atoms with Crippen molar-refractivity contribution in [3.8, 4) is 16.9 Å². The summed E-state index contributed by atoms with van der Waals surface area (Å²) in [6.07, 6.45) is 1.65. The first-order valence-electron chi connectivity index (χ1n) is 12.7. The second-order valence-corrected chi connectivity index (χ2v) is 12.1. The number of hydrogen-bond acceptors (Lipinski definition) is 5. The van der Waals surface area contributed by atoms with Crippen molar-refractivity contribution in [2.24, 2.45) is 4.74 Å². The monoisotopic (exact) mass is 541 g/mol. The van der Waals surface area contributed by atoms with Gasteiger partial charge in [0.05, 0.1) is 35.2 Å². The van der Waals surface area contributed by atoms with E-state index < -0.39 is 12.0 Å². The van der Waals surface area contributed by atoms with Gasteiger partial charge in [0.1, 0.15) is 0 Å². The molecule has 194 valence electrons. The number of rotatable bonds is 7. The van der Waals surface area contributed by atoms with E-state index in [4.69, 9.17) is 4.74 Å². The van der Waals surface area contributed by atoms with Crippen molar-refractivity contribution in [1.82, 2.24) is 15.0 Å². The summed E-state index contributed by atoms with van der Waals surface area (Å²) in [5.41, 5.74) is 3.01. The minimum absolute atomic E-state index is 0.00357. The normalized spacial score (nSPS) is 11.2. The number of nitro groups is 1. The minimum atomic E-state index is -2.39. The van der Waals surface area contributed by atoms with Gasteiger partial charge in [-0.1, -0.05) is 114 Å². The van der Waals surface area contributed by atoms with Crippen LogP contribution in [0, 0.1) is 10.1 Å². The van der Waals surface area contributed by atoms with Crippen LogP contribution in [-0.4, -0.2) is 19.9 Å². The summed E-state index contributed by atoms with van der Waals surface area (Å²) >= 11 is 0. The molecule has 0 fully saturated rings. The van der Waals surface area contributed by atoms with Crippen LogP contribution in [0.1, 0.15) is 0 Å². The summed E-state index contributed by atoms with van der Waals surface area (Å²) in [4.78, 5) is 10.9. The summed E-state index contributed by atoms with van der Waals surface area (Å²) < 4.78 is 7.14. The molecule has 0 N–H and O–H groups in total. The topological polar surface area (TPSA) is 86.2 Å². The molecule has 0 amide bonds. The Morgan fingerprint density at radius 2 is 1.23 bits per heavy atom. The van der Waals surface area contributed by atoms with Gasteiger partial charge >= 0.3 is 0 Å². The molecule has 0 saturated heterocycles. The zero-order valence-corrected chi connectivity index (χ0v) is 22.3. The molecule has 8 heteroatoms. The zero-order valence-electron chi connectivity index (χ0n) is 21.4. The van der Waals surface area contributed by atoms with Gasteiger partial charge in [-0.3, -0.25) is 14.9 Å². The molecule has 1 heterocycles. The Morgan fingerprint density at radius 3 is 1.75 bits per heavy atom. The van der Waals surface area contributed by atoms with Gasteiger partial charge in [0.2, 0.25) is 0 Å². The first-order chi connectivity index (χ1) is 19.6. The second-order valence-electron chi connectivity index (χ2n) is 9.10. The van der Waals surface area contributed by atoms with Crippen LogP contribution in [0.3, 0.4) is 0 Å². The third-order valence-electron chi connectivity index (χ3n) is 6.65. The quantitative estimate of drug-likeness (QED) is 0.129. The van der Waals surface area contributed by atoms with E-state index in [1.165, 1.54) is 28.0 Å². The lowest BCUT2D eigenvalue weighted by atomic mass is 10.1. The minimum Gasteiger partial charge on any atom is -0.258 e. The summed E-state index contributed by atoms with van der Waals surface area (Å²) in [6.45, 7) is 0. The molecule has 0 spiro atoms. The first-order valence-corrected chi connectivity index (χ1v) is 14.4. The molecule has 7 nitrogen and oxygen atoms in total. The van der Waals surface area contributed by atoms with Crippen LogP contribution in [0.4, 0.5) is 11.4 Å². The molecule has 0 unspecified atom stereocenters. The van der Waals surface area contributed by atoms with Crippen molar-refractivity contribution in [2.45, 2.75) is 0 Å². The molecule has 1 aromatic heterocycles. The molecule has 0 saturated carbocycles. The largest absolute Gasteiger partial charge is 0.271 e. The summed E-state index contributed by atoms with van der Waals surface area (Å²) in [6, 6.07) is 45.8. The van der Waals surface area contributed by atoms with Crippen molar-refractivity contribution in [1.29, 1.82) is 0 Å². The summed E-state index contributed by atoms with van der Waals surface area (Å²) in [5, 5.41) is 23.1. The maximum Gasteiger partial charge on any atom is 0.271 e. The maximum absolute atomic E-state index is 11.3. The van der Waals surface area contributed by atoms with Gasteiger partial charge in [-0.25, -0.2) is 4.68 Å². The van der Waals surface area contributed by atoms with Crippen LogP contribution in [0.5, 0.6) is 0 Å². The Labute approximate surface area is 231 Å². The Hall–Kier alpha value is -5.13. The molecule has 40 heavy (non-hydrogen) atoms. The highest BCUT2D eigenvalue weighted by atomic mass is 31.2. The molecule has 5 aromatic carbocycles. The number of non-ortho nitro benzene ring substituents is 1. The molecular formula is C32H24N5O2P. The number of hydrogen-bond donors (Lipinski definition) is 0. The zero-order chi connectivity index (χ0) is 27.4. The second kappa shape index (κ2) is 10.9. The van der Waals surface area contributed by atoms with Crippen molar-refractivity contribution in [3.63, 3.8) is 0 Å². The average molecular weight is 542 g/mol. The van der Waals surface area contributed by atoms with Crippen LogP contribution in [0.15, 0.2) is 150 Å². The van der Waals surface area contributed by atoms with Gasteiger partial charge in [-0.2, -0.15) is 0 Å². The van der Waals surface area contributed by atoms with E-state index in [1.54, 1.807) is 23.0 Å². The Bertz CT molecular complexity index is 1720. The Kier molecular flexibility index (Phi) is 6.87. The van der Waals surface area contributed by atoms with Crippen molar-refractivity contribution in [3.05, 3.63) is 156 Å². The molecular weight excluding hydrogens is 517 g/mol. The number of nitro benzene ring substituents is 1. The van der Waals surface area contributed by atoms with Crippen LogP contribution < -0.4 is 15.9 Å². The Morgan fingerprint density at radius 1 is 0.675 bits per heavy atom. The Balaban J connectivity index is 1.49. The summed E-state index contributed by atoms with van der Waals surface area (Å²) in [7, 11) is -2.39. The lowest BCUT2D eigenvalue weighted by Crippen LogP contribution is -2.25. The van der Waals surface area contributed by atoms with Crippen LogP contribution in [-0.2, 0) is 0 Å². The van der Waals surface area contributed by atoms with E-state index in [2.05, 4.69) is 83.1 Å². The number of aromatic nitrogens is 3. The van der Waals surface area contributed by atoms with Crippen LogP contribution in [0.25, 0.3) is 16.9 Å². The van der Waals surface area contributed by atoms with E-state index in [1.807, 2.05) is 42.5 Å². The first kappa shape index (κ1) is 25.2. The number of benzene rings is 5. The van der Waals surface area contributed by atoms with Gasteiger partial charge in [-0.05, 0) is 18.2 Å². The molecule has 0 aliphatic rings. The molecule has 0 aliphatic carbocycles. The van der Waals surface area contributed by atoms with Crippen molar-refractivity contribution < 1.29 is 4.92 Å². The lowest BCUT2D eigenvalue weighted by molar-refractivity contribution is -0.384. The average Bonchev–Trinajstić information content (AvgIpc) is 3.52. The standard InChI is InChI=1S/C32H24N5O2P/c38-37(39)28-12-10-11-27(23-28)36-32(24-33-35-36)25-19-21-26(22-20-25)34-40(29-13-4-1-5-14-29,30-15-6-2-7-16-30)31-17-8-3-9-18-31/h1-24H. The third kappa shape index (κ3) is 4.75. The molecule has 6 aromatic rings. The highest BCUT2D eigenvalue weighted by Crippen LogP contribution is 2.49. The third-order valence-corrected chi connectivity index (χ3v) is 10.3. The van der Waals surface area contributed by atoms with E-state index in [0.29, 0.717) is 5.69 Å². The van der Waals surface area contributed by atoms with Crippen LogP contribution >= 0.6 is 7.05 Å². The van der Waals surface area contributed by atoms with Gasteiger partial charge < -0.3 is 0 Å². The lowest BCUT2D eigenvalue weighted by Gasteiger charge is -2.27. The molecule has 0 bridgehead atoms. The smallest absolute Gasteiger partial charge is 0.258 e. The fourth-order valence-electron chi connectivity index (χ4n) is 4.78. The van der Waals surface area contributed by atoms with Gasteiger partial charge in [0.25, 0.3) is 5.69 Å². The SMILES string of the molecule is O=[N+]([O-])c1cccc(-n2nncc2-c2ccc(N=P(c3ccccc3)(c3ccccc3)c3ccccc3)cc2)c1. The van der Waals surface area contributed by atoms with Crippen LogP contribution in [0.2, 0.25) is 0 Å². The van der Waals surface area contributed by atoms with Crippen molar-refractivity contribution in [2.75, 3.05) is 0 Å². The van der Waals surface area contributed by atoms with Gasteiger partial charge in [0.15, 0.2) is 0 Å². The fraction of sp³-hybridized carbons (Fsp3) is 0. The predicted molar refractivity (Wildman–Crippen MR) is 161 cm³/mol. The van der Waals surface area contributed by atoms with Gasteiger partial charge in [-0.15, -0.1) is 5.10 Å². The van der Waals surface area contributed by atoms with Gasteiger partial charge in [0, 0.05) is 33.6 Å². The fourth-order valence-corrected chi connectivity index (χ4v) is 8.32. The van der Waals surface area contributed by atoms with E-state index in [-0.39, 0.29) is 5.69 Å². The molecule has 0 radical (unpaired) electrons. The predicted octanol–water partition coefficient (Wildman–Crippen LogP) is 6.65. The highest BCUT2D eigenvalue weighted by Gasteiger charge is 2.27. The van der Waals surface area contributed by atoms with E-state index >= 15 is 0 Å². The summed E-state index contributed by atoms with van der Waals surface area (Å²) in [5.74, 6) is 0.